The Morgan fingerprint density at radius 2 is 2.05 bits per heavy atom. The third-order valence-corrected chi connectivity index (χ3v) is 4.37. The molecule has 6 nitrogen and oxygen atoms in total. The van der Waals surface area contributed by atoms with Crippen LogP contribution >= 0.6 is 27.5 Å². The van der Waals surface area contributed by atoms with Crippen LogP contribution in [0.5, 0.6) is 0 Å². The van der Waals surface area contributed by atoms with Gasteiger partial charge in [-0.15, -0.1) is 0 Å². The zero-order chi connectivity index (χ0) is 15.3. The molecule has 0 fully saturated rings. The van der Waals surface area contributed by atoms with Gasteiger partial charge in [0.2, 0.25) is 10.0 Å². The molecule has 0 aliphatic carbocycles. The van der Waals surface area contributed by atoms with Gasteiger partial charge in [-0.2, -0.15) is 0 Å². The van der Waals surface area contributed by atoms with Crippen LogP contribution in [-0.4, -0.2) is 34.2 Å². The van der Waals surface area contributed by atoms with E-state index in [0.717, 1.165) is 6.07 Å². The minimum atomic E-state index is -3.95. The predicted molar refractivity (Wildman–Crippen MR) is 77.3 cm³/mol. The van der Waals surface area contributed by atoms with Gasteiger partial charge in [0.25, 0.3) is 0 Å². The fourth-order valence-electron chi connectivity index (χ4n) is 1.29. The van der Waals surface area contributed by atoms with Gasteiger partial charge in [-0.1, -0.05) is 11.6 Å². The van der Waals surface area contributed by atoms with Crippen molar-refractivity contribution in [3.63, 3.8) is 0 Å². The topological polar surface area (TPSA) is 95.7 Å². The molecular weight excluding hydrogens is 374 g/mol. The molecular formula is C11H13BrClNO5S. The molecule has 0 unspecified atom stereocenters. The van der Waals surface area contributed by atoms with Crippen molar-refractivity contribution >= 4 is 43.5 Å². The standard InChI is InChI=1S/C11H13BrClNO5S/c1-2-18-3-4-19-11(15)8-5-7(20(14,16)17)6-9(12)10(8)13/h5-6H,2-4H2,1H3,(H2,14,16,17). The van der Waals surface area contributed by atoms with E-state index in [1.165, 1.54) is 6.07 Å². The van der Waals surface area contributed by atoms with E-state index in [2.05, 4.69) is 15.9 Å². The van der Waals surface area contributed by atoms with E-state index < -0.39 is 16.0 Å². The molecule has 0 saturated carbocycles. The Hall–Kier alpha value is -0.670. The highest BCUT2D eigenvalue weighted by Gasteiger charge is 2.19. The maximum absolute atomic E-state index is 11.8. The summed E-state index contributed by atoms with van der Waals surface area (Å²) in [6, 6.07) is 2.29. The maximum Gasteiger partial charge on any atom is 0.339 e. The van der Waals surface area contributed by atoms with Gasteiger partial charge >= 0.3 is 5.97 Å². The number of hydrogen-bond acceptors (Lipinski definition) is 5. The molecule has 0 saturated heterocycles. The molecule has 0 spiro atoms. The summed E-state index contributed by atoms with van der Waals surface area (Å²) in [7, 11) is -3.95. The van der Waals surface area contributed by atoms with E-state index in [9.17, 15) is 13.2 Å². The number of nitrogens with two attached hydrogens (primary N) is 1. The van der Waals surface area contributed by atoms with Crippen molar-refractivity contribution in [1.29, 1.82) is 0 Å². The van der Waals surface area contributed by atoms with Crippen LogP contribution in [0.1, 0.15) is 17.3 Å². The fourth-order valence-corrected chi connectivity index (χ4v) is 2.65. The van der Waals surface area contributed by atoms with Gasteiger partial charge in [-0.25, -0.2) is 18.4 Å². The van der Waals surface area contributed by atoms with E-state index >= 15 is 0 Å². The van der Waals surface area contributed by atoms with Crippen molar-refractivity contribution < 1.29 is 22.7 Å². The van der Waals surface area contributed by atoms with E-state index in [-0.39, 0.29) is 33.2 Å². The molecule has 2 N–H and O–H groups in total. The summed E-state index contributed by atoms with van der Waals surface area (Å²) in [6.45, 7) is 2.60. The Kier molecular flexibility index (Phi) is 6.41. The van der Waals surface area contributed by atoms with Crippen molar-refractivity contribution in [3.8, 4) is 0 Å². The van der Waals surface area contributed by atoms with E-state index in [1.807, 2.05) is 6.92 Å². The van der Waals surface area contributed by atoms with Crippen LogP contribution in [0.2, 0.25) is 5.02 Å². The molecule has 0 aliphatic heterocycles. The number of benzene rings is 1. The minimum absolute atomic E-state index is 0.0419. The SMILES string of the molecule is CCOCCOC(=O)c1cc(S(N)(=O)=O)cc(Br)c1Cl. The van der Waals surface area contributed by atoms with Crippen LogP contribution in [0.3, 0.4) is 0 Å². The second kappa shape index (κ2) is 7.37. The number of primary sulfonamides is 1. The van der Waals surface area contributed by atoms with Gasteiger partial charge in [0.15, 0.2) is 0 Å². The first-order valence-corrected chi connectivity index (χ1v) is 8.25. The molecule has 0 heterocycles. The molecule has 0 atom stereocenters. The first-order chi connectivity index (χ1) is 9.27. The molecule has 20 heavy (non-hydrogen) atoms. The summed E-state index contributed by atoms with van der Waals surface area (Å²) < 4.78 is 32.8. The number of rotatable bonds is 6. The Morgan fingerprint density at radius 3 is 2.60 bits per heavy atom. The molecule has 0 aliphatic rings. The molecule has 0 amide bonds. The lowest BCUT2D eigenvalue weighted by Crippen LogP contribution is -2.15. The maximum atomic E-state index is 11.8. The number of ether oxygens (including phenoxy) is 2. The van der Waals surface area contributed by atoms with Gasteiger partial charge < -0.3 is 9.47 Å². The molecule has 0 aromatic heterocycles. The molecule has 0 bridgehead atoms. The summed E-state index contributed by atoms with van der Waals surface area (Å²) in [5, 5.41) is 5.08. The van der Waals surface area contributed by atoms with Gasteiger partial charge in [0, 0.05) is 11.1 Å². The van der Waals surface area contributed by atoms with Crippen LogP contribution in [0, 0.1) is 0 Å². The molecule has 0 radical (unpaired) electrons. The number of sulfonamides is 1. The summed E-state index contributed by atoms with van der Waals surface area (Å²) in [5.41, 5.74) is -0.0819. The molecule has 112 valence electrons. The lowest BCUT2D eigenvalue weighted by Gasteiger charge is -2.09. The van der Waals surface area contributed by atoms with E-state index in [1.54, 1.807) is 0 Å². The number of esters is 1. The van der Waals surface area contributed by atoms with Crippen molar-refractivity contribution in [2.24, 2.45) is 5.14 Å². The monoisotopic (exact) mass is 385 g/mol. The third-order valence-electron chi connectivity index (χ3n) is 2.22. The van der Waals surface area contributed by atoms with Crippen LogP contribution in [-0.2, 0) is 19.5 Å². The predicted octanol–water partition coefficient (Wildman–Crippen LogP) is 1.94. The van der Waals surface area contributed by atoms with Crippen molar-refractivity contribution in [1.82, 2.24) is 0 Å². The zero-order valence-electron chi connectivity index (χ0n) is 10.6. The van der Waals surface area contributed by atoms with Crippen LogP contribution in [0.25, 0.3) is 0 Å². The van der Waals surface area contributed by atoms with Crippen LogP contribution in [0.4, 0.5) is 0 Å². The Morgan fingerprint density at radius 1 is 1.40 bits per heavy atom. The highest BCUT2D eigenvalue weighted by molar-refractivity contribution is 9.10. The van der Waals surface area contributed by atoms with Crippen molar-refractivity contribution in [2.75, 3.05) is 19.8 Å². The second-order valence-corrected chi connectivity index (χ2v) is 6.44. The van der Waals surface area contributed by atoms with Gasteiger partial charge in [-0.05, 0) is 35.0 Å². The summed E-state index contributed by atoms with van der Waals surface area (Å²) in [5.74, 6) is -0.749. The zero-order valence-corrected chi connectivity index (χ0v) is 13.7. The third kappa shape index (κ3) is 4.71. The van der Waals surface area contributed by atoms with Gasteiger partial charge in [-0.3, -0.25) is 0 Å². The fraction of sp³-hybridized carbons (Fsp3) is 0.364. The lowest BCUT2D eigenvalue weighted by atomic mass is 10.2. The summed E-state index contributed by atoms with van der Waals surface area (Å²) in [6.07, 6.45) is 0. The van der Waals surface area contributed by atoms with Crippen molar-refractivity contribution in [3.05, 3.63) is 27.2 Å². The van der Waals surface area contributed by atoms with Gasteiger partial charge in [0.1, 0.15) is 6.61 Å². The number of carbonyl (C=O) groups excluding carboxylic acids is 1. The Bertz CT molecular complexity index is 605. The number of hydrogen-bond donors (Lipinski definition) is 1. The highest BCUT2D eigenvalue weighted by atomic mass is 79.9. The van der Waals surface area contributed by atoms with Gasteiger partial charge in [0.05, 0.1) is 22.1 Å². The van der Waals surface area contributed by atoms with Crippen LogP contribution in [0.15, 0.2) is 21.5 Å². The summed E-state index contributed by atoms with van der Waals surface area (Å²) >= 11 is 9.00. The first-order valence-electron chi connectivity index (χ1n) is 5.54. The summed E-state index contributed by atoms with van der Waals surface area (Å²) in [4.78, 5) is 11.6. The smallest absolute Gasteiger partial charge is 0.339 e. The minimum Gasteiger partial charge on any atom is -0.460 e. The molecule has 9 heteroatoms. The lowest BCUT2D eigenvalue weighted by molar-refractivity contribution is 0.0335. The van der Waals surface area contributed by atoms with E-state index in [0.29, 0.717) is 6.61 Å². The second-order valence-electron chi connectivity index (χ2n) is 3.64. The average molecular weight is 387 g/mol. The highest BCUT2D eigenvalue weighted by Crippen LogP contribution is 2.30. The van der Waals surface area contributed by atoms with Crippen molar-refractivity contribution in [2.45, 2.75) is 11.8 Å². The number of halogens is 2. The normalized spacial score (nSPS) is 11.4. The molecule has 1 aromatic rings. The first kappa shape index (κ1) is 17.4. The quantitative estimate of drug-likeness (QED) is 0.595. The Labute approximate surface area is 130 Å². The largest absolute Gasteiger partial charge is 0.460 e. The number of carbonyl (C=O) groups is 1. The Balaban J connectivity index is 2.99. The molecule has 1 rings (SSSR count). The molecule has 1 aromatic carbocycles. The average Bonchev–Trinajstić information content (AvgIpc) is 2.36. The van der Waals surface area contributed by atoms with Crippen LogP contribution < -0.4 is 5.14 Å². The van der Waals surface area contributed by atoms with E-state index in [4.69, 9.17) is 26.2 Å².